The van der Waals surface area contributed by atoms with Crippen molar-refractivity contribution in [3.05, 3.63) is 0 Å². The van der Waals surface area contributed by atoms with E-state index in [4.69, 9.17) is 0 Å². The zero-order valence-corrected chi connectivity index (χ0v) is 10.1. The SMILES string of the molecule is Br.[Ca+2].[I-].[I-]. The van der Waals surface area contributed by atoms with Gasteiger partial charge < -0.3 is 48.0 Å². The Balaban J connectivity index is 0. The van der Waals surface area contributed by atoms with Gasteiger partial charge in [-0.05, 0) is 0 Å². The topological polar surface area (TPSA) is 0 Å². The van der Waals surface area contributed by atoms with Crippen LogP contribution in [0.4, 0.5) is 0 Å². The van der Waals surface area contributed by atoms with Crippen molar-refractivity contribution in [3.8, 4) is 0 Å². The van der Waals surface area contributed by atoms with Crippen molar-refractivity contribution in [3.63, 3.8) is 0 Å². The molecule has 0 radical (unpaired) electrons. The number of hydrogen-bond donors (Lipinski definition) is 0. The average molecular weight is 375 g/mol. The molecule has 4 heavy (non-hydrogen) atoms. The van der Waals surface area contributed by atoms with E-state index < -0.39 is 0 Å². The fraction of sp³-hybridized carbons (Fsp3) is 0. The van der Waals surface area contributed by atoms with Gasteiger partial charge in [-0.1, -0.05) is 0 Å². The number of rotatable bonds is 0. The van der Waals surface area contributed by atoms with Crippen LogP contribution in [0.5, 0.6) is 0 Å². The van der Waals surface area contributed by atoms with Gasteiger partial charge in [0.25, 0.3) is 0 Å². The monoisotopic (exact) mass is 374 g/mol. The molecule has 0 rings (SSSR count). The van der Waals surface area contributed by atoms with Gasteiger partial charge in [0.1, 0.15) is 0 Å². The van der Waals surface area contributed by atoms with Crippen LogP contribution in [-0.2, 0) is 0 Å². The first-order valence-corrected chi connectivity index (χ1v) is 0. The maximum absolute atomic E-state index is 0. The molecule has 0 aliphatic rings. The second-order valence-electron chi connectivity index (χ2n) is 0. The molecule has 0 amide bonds. The van der Waals surface area contributed by atoms with E-state index in [0.29, 0.717) is 0 Å². The molecule has 0 spiro atoms. The molecule has 0 unspecified atom stereocenters. The minimum absolute atomic E-state index is 0. The van der Waals surface area contributed by atoms with Crippen LogP contribution in [-0.4, -0.2) is 37.7 Å². The van der Waals surface area contributed by atoms with Crippen molar-refractivity contribution in [2.45, 2.75) is 0 Å². The van der Waals surface area contributed by atoms with Crippen molar-refractivity contribution >= 4 is 54.7 Å². The molecule has 0 atom stereocenters. The van der Waals surface area contributed by atoms with Gasteiger partial charge in [-0.15, -0.1) is 17.0 Å². The standard InChI is InChI=1S/BrH.Ca.2HI/h1H;;2*1H/q;+2;;/p-2. The molecule has 0 aromatic rings. The fourth-order valence-electron chi connectivity index (χ4n) is 0. The average Bonchev–Trinajstić information content (AvgIpc) is 0. The van der Waals surface area contributed by atoms with Crippen molar-refractivity contribution in [1.82, 2.24) is 0 Å². The minimum Gasteiger partial charge on any atom is -1.00 e. The van der Waals surface area contributed by atoms with E-state index in [0.717, 1.165) is 0 Å². The summed E-state index contributed by atoms with van der Waals surface area (Å²) >= 11 is 0. The summed E-state index contributed by atoms with van der Waals surface area (Å²) in [6.45, 7) is 0. The van der Waals surface area contributed by atoms with E-state index in [-0.39, 0.29) is 103 Å². The predicted molar refractivity (Wildman–Crippen MR) is 16.1 cm³/mol. The van der Waals surface area contributed by atoms with Crippen LogP contribution in [0.15, 0.2) is 0 Å². The largest absolute Gasteiger partial charge is 2.00 e. The number of halogens is 3. The molecule has 0 N–H and O–H groups in total. The summed E-state index contributed by atoms with van der Waals surface area (Å²) in [4.78, 5) is 0. The van der Waals surface area contributed by atoms with E-state index >= 15 is 0 Å². The van der Waals surface area contributed by atoms with E-state index in [2.05, 4.69) is 0 Å². The first kappa shape index (κ1) is 27.0. The van der Waals surface area contributed by atoms with Crippen LogP contribution < -0.4 is 48.0 Å². The van der Waals surface area contributed by atoms with Crippen LogP contribution in [0.2, 0.25) is 0 Å². The molecular formula is HBrCaI2. The Morgan fingerprint density at radius 1 is 0.750 bits per heavy atom. The van der Waals surface area contributed by atoms with E-state index in [9.17, 15) is 0 Å². The first-order chi connectivity index (χ1) is 0. The molecule has 0 bridgehead atoms. The summed E-state index contributed by atoms with van der Waals surface area (Å²) in [6.07, 6.45) is 0. The van der Waals surface area contributed by atoms with Crippen molar-refractivity contribution in [2.24, 2.45) is 0 Å². The van der Waals surface area contributed by atoms with Crippen molar-refractivity contribution in [1.29, 1.82) is 0 Å². The third-order valence-electron chi connectivity index (χ3n) is 0. The third kappa shape index (κ3) is 8.96. The van der Waals surface area contributed by atoms with Crippen LogP contribution in [0, 0.1) is 0 Å². The molecule has 0 aliphatic heterocycles. The van der Waals surface area contributed by atoms with Crippen LogP contribution in [0.25, 0.3) is 0 Å². The maximum atomic E-state index is 0. The van der Waals surface area contributed by atoms with Crippen molar-refractivity contribution in [2.75, 3.05) is 0 Å². The Labute approximate surface area is 100 Å². The summed E-state index contributed by atoms with van der Waals surface area (Å²) in [5.41, 5.74) is 0. The molecule has 0 saturated heterocycles. The molecule has 0 fully saturated rings. The molecule has 24 valence electrons. The second-order valence-corrected chi connectivity index (χ2v) is 0. The van der Waals surface area contributed by atoms with Crippen LogP contribution >= 0.6 is 17.0 Å². The van der Waals surface area contributed by atoms with Crippen LogP contribution in [0.1, 0.15) is 0 Å². The first-order valence-electron chi connectivity index (χ1n) is 0. The minimum atomic E-state index is 0. The molecule has 0 aromatic heterocycles. The van der Waals surface area contributed by atoms with Gasteiger partial charge in [0.05, 0.1) is 0 Å². The Bertz CT molecular complexity index is 6.00. The zero-order valence-electron chi connectivity index (χ0n) is 1.87. The molecular weight excluding hydrogens is 374 g/mol. The normalized spacial score (nSPS) is 0. The van der Waals surface area contributed by atoms with Gasteiger partial charge in [-0.2, -0.15) is 0 Å². The van der Waals surface area contributed by atoms with Gasteiger partial charge in [0.2, 0.25) is 0 Å². The van der Waals surface area contributed by atoms with Gasteiger partial charge in [-0.25, -0.2) is 0 Å². The predicted octanol–water partition coefficient (Wildman–Crippen LogP) is -5.79. The molecule has 0 aromatic carbocycles. The van der Waals surface area contributed by atoms with E-state index in [1.807, 2.05) is 0 Å². The maximum Gasteiger partial charge on any atom is 2.00 e. The Morgan fingerprint density at radius 2 is 0.750 bits per heavy atom. The summed E-state index contributed by atoms with van der Waals surface area (Å²) in [6, 6.07) is 0. The Morgan fingerprint density at radius 3 is 0.750 bits per heavy atom. The summed E-state index contributed by atoms with van der Waals surface area (Å²) in [5, 5.41) is 0. The quantitative estimate of drug-likeness (QED) is 0.293. The summed E-state index contributed by atoms with van der Waals surface area (Å²) in [5.74, 6) is 0. The Kier molecular flexibility index (Phi) is 111. The van der Waals surface area contributed by atoms with E-state index in [1.165, 1.54) is 0 Å². The van der Waals surface area contributed by atoms with Gasteiger partial charge in [-0.3, -0.25) is 0 Å². The number of hydrogen-bond acceptors (Lipinski definition) is 0. The van der Waals surface area contributed by atoms with Gasteiger partial charge in [0, 0.05) is 0 Å². The van der Waals surface area contributed by atoms with Crippen molar-refractivity contribution < 1.29 is 48.0 Å². The third-order valence-corrected chi connectivity index (χ3v) is 0. The Hall–Kier alpha value is 3.20. The summed E-state index contributed by atoms with van der Waals surface area (Å²) in [7, 11) is 0. The zero-order chi connectivity index (χ0) is 0. The fourth-order valence-corrected chi connectivity index (χ4v) is 0. The molecule has 0 nitrogen and oxygen atoms in total. The molecule has 0 heterocycles. The summed E-state index contributed by atoms with van der Waals surface area (Å²) < 4.78 is 0. The van der Waals surface area contributed by atoms with Crippen LogP contribution in [0.3, 0.4) is 0 Å². The molecule has 0 saturated carbocycles. The van der Waals surface area contributed by atoms with E-state index in [1.54, 1.807) is 0 Å². The van der Waals surface area contributed by atoms with Gasteiger partial charge in [0.15, 0.2) is 0 Å². The smallest absolute Gasteiger partial charge is 1.00 e. The molecule has 0 aliphatic carbocycles. The van der Waals surface area contributed by atoms with Gasteiger partial charge >= 0.3 is 37.7 Å². The molecule has 4 heteroatoms. The second kappa shape index (κ2) is 16.4.